The molecular weight excluding hydrogens is 466 g/mol. The normalized spacial score (nSPS) is 16.1. The third-order valence-corrected chi connectivity index (χ3v) is 6.50. The number of benzene rings is 2. The van der Waals surface area contributed by atoms with Crippen molar-refractivity contribution in [2.24, 2.45) is 0 Å². The van der Waals surface area contributed by atoms with Gasteiger partial charge in [-0.2, -0.15) is 0 Å². The summed E-state index contributed by atoms with van der Waals surface area (Å²) in [6.45, 7) is 3.11. The highest BCUT2D eigenvalue weighted by Crippen LogP contribution is 2.23. The van der Waals surface area contributed by atoms with E-state index in [0.717, 1.165) is 35.2 Å². The highest BCUT2D eigenvalue weighted by Gasteiger charge is 2.20. The Labute approximate surface area is 187 Å². The van der Waals surface area contributed by atoms with Gasteiger partial charge in [0.2, 0.25) is 5.91 Å². The minimum Gasteiger partial charge on any atom is -0.376 e. The largest absolute Gasteiger partial charge is 0.376 e. The molecule has 2 aromatic carbocycles. The highest BCUT2D eigenvalue weighted by atomic mass is 79.9. The first-order valence-corrected chi connectivity index (χ1v) is 11.6. The summed E-state index contributed by atoms with van der Waals surface area (Å²) in [5.74, 6) is 0.0164. The molecule has 30 heavy (non-hydrogen) atoms. The van der Waals surface area contributed by atoms with Crippen LogP contribution in [-0.4, -0.2) is 33.9 Å². The van der Waals surface area contributed by atoms with Gasteiger partial charge in [0, 0.05) is 16.8 Å². The molecule has 0 bridgehead atoms. The number of carbonyl (C=O) groups is 1. The van der Waals surface area contributed by atoms with E-state index in [-0.39, 0.29) is 23.3 Å². The lowest BCUT2D eigenvalue weighted by atomic mass is 10.2. The summed E-state index contributed by atoms with van der Waals surface area (Å²) in [5.41, 5.74) is 2.29. The van der Waals surface area contributed by atoms with E-state index in [1.54, 1.807) is 10.6 Å². The van der Waals surface area contributed by atoms with Gasteiger partial charge in [0.25, 0.3) is 5.56 Å². The highest BCUT2D eigenvalue weighted by molar-refractivity contribution is 9.10. The van der Waals surface area contributed by atoms with Crippen LogP contribution < -0.4 is 10.9 Å². The van der Waals surface area contributed by atoms with E-state index in [1.165, 1.54) is 11.8 Å². The molecule has 3 aromatic rings. The summed E-state index contributed by atoms with van der Waals surface area (Å²) in [5, 5.41) is 4.05. The van der Waals surface area contributed by atoms with Gasteiger partial charge in [0.1, 0.15) is 0 Å². The lowest BCUT2D eigenvalue weighted by Crippen LogP contribution is -2.29. The summed E-state index contributed by atoms with van der Waals surface area (Å²) in [7, 11) is 0. The molecule has 0 saturated carbocycles. The van der Waals surface area contributed by atoms with Crippen molar-refractivity contribution in [3.05, 3.63) is 62.9 Å². The van der Waals surface area contributed by atoms with Crippen LogP contribution in [0.1, 0.15) is 18.4 Å². The zero-order valence-corrected chi connectivity index (χ0v) is 19.0. The fourth-order valence-corrected chi connectivity index (χ4v) is 4.78. The number of amides is 1. The van der Waals surface area contributed by atoms with Gasteiger partial charge >= 0.3 is 0 Å². The van der Waals surface area contributed by atoms with Crippen molar-refractivity contribution in [1.29, 1.82) is 0 Å². The van der Waals surface area contributed by atoms with Crippen LogP contribution in [0.4, 0.5) is 5.69 Å². The van der Waals surface area contributed by atoms with Crippen LogP contribution in [0.25, 0.3) is 10.9 Å². The molecule has 1 fully saturated rings. The van der Waals surface area contributed by atoms with E-state index >= 15 is 0 Å². The van der Waals surface area contributed by atoms with E-state index in [1.807, 2.05) is 43.3 Å². The number of aromatic nitrogens is 2. The molecule has 1 aliphatic heterocycles. The quantitative estimate of drug-likeness (QED) is 0.412. The zero-order chi connectivity index (χ0) is 21.1. The van der Waals surface area contributed by atoms with Crippen molar-refractivity contribution in [3.8, 4) is 0 Å². The lowest BCUT2D eigenvalue weighted by Gasteiger charge is -2.16. The van der Waals surface area contributed by atoms with E-state index in [4.69, 9.17) is 4.74 Å². The average Bonchev–Trinajstić information content (AvgIpc) is 3.24. The molecule has 6 nitrogen and oxygen atoms in total. The maximum absolute atomic E-state index is 13.1. The molecule has 0 spiro atoms. The number of aryl methyl sites for hydroxylation is 1. The average molecular weight is 488 g/mol. The fourth-order valence-electron chi connectivity index (χ4n) is 3.49. The summed E-state index contributed by atoms with van der Waals surface area (Å²) in [4.78, 5) is 30.3. The SMILES string of the molecule is Cc1cc(Br)ccc1NC(=O)CSc1nc2ccccc2c(=O)n1CC1CCCO1. The van der Waals surface area contributed by atoms with Crippen LogP contribution in [0, 0.1) is 6.92 Å². The van der Waals surface area contributed by atoms with Crippen LogP contribution in [-0.2, 0) is 16.1 Å². The number of nitrogens with zero attached hydrogens (tertiary/aromatic N) is 2. The number of fused-ring (bicyclic) bond motifs is 1. The first kappa shape index (κ1) is 21.1. The van der Waals surface area contributed by atoms with E-state index in [2.05, 4.69) is 26.2 Å². The molecule has 0 radical (unpaired) electrons. The van der Waals surface area contributed by atoms with Crippen molar-refractivity contribution in [1.82, 2.24) is 9.55 Å². The van der Waals surface area contributed by atoms with Gasteiger partial charge in [-0.3, -0.25) is 14.2 Å². The predicted molar refractivity (Wildman–Crippen MR) is 123 cm³/mol. The number of thioether (sulfide) groups is 1. The molecule has 156 valence electrons. The number of hydrogen-bond acceptors (Lipinski definition) is 5. The van der Waals surface area contributed by atoms with Crippen molar-refractivity contribution >= 4 is 50.2 Å². The number of hydrogen-bond donors (Lipinski definition) is 1. The molecule has 1 N–H and O–H groups in total. The summed E-state index contributed by atoms with van der Waals surface area (Å²) in [6.07, 6.45) is 1.93. The van der Waals surface area contributed by atoms with Gasteiger partial charge in [-0.05, 0) is 55.7 Å². The molecule has 1 aliphatic rings. The van der Waals surface area contributed by atoms with Gasteiger partial charge in [0.15, 0.2) is 5.16 Å². The van der Waals surface area contributed by atoms with Crippen molar-refractivity contribution < 1.29 is 9.53 Å². The second-order valence-corrected chi connectivity index (χ2v) is 9.12. The molecule has 1 unspecified atom stereocenters. The smallest absolute Gasteiger partial charge is 0.262 e. The summed E-state index contributed by atoms with van der Waals surface area (Å²) < 4.78 is 8.34. The third kappa shape index (κ3) is 4.77. The Balaban J connectivity index is 1.56. The van der Waals surface area contributed by atoms with Crippen LogP contribution in [0.15, 0.2) is 56.9 Å². The fraction of sp³-hybridized carbons (Fsp3) is 0.318. The molecule has 1 saturated heterocycles. The maximum Gasteiger partial charge on any atom is 0.262 e. The molecular formula is C22H22BrN3O3S. The Morgan fingerprint density at radius 2 is 2.17 bits per heavy atom. The Morgan fingerprint density at radius 3 is 2.93 bits per heavy atom. The molecule has 1 amide bonds. The Bertz CT molecular complexity index is 1140. The van der Waals surface area contributed by atoms with E-state index < -0.39 is 0 Å². The monoisotopic (exact) mass is 487 g/mol. The van der Waals surface area contributed by atoms with Gasteiger partial charge in [-0.1, -0.05) is 39.8 Å². The number of ether oxygens (including phenoxy) is 1. The predicted octanol–water partition coefficient (Wildman–Crippen LogP) is 4.38. The van der Waals surface area contributed by atoms with Crippen molar-refractivity contribution in [2.75, 3.05) is 17.7 Å². The van der Waals surface area contributed by atoms with E-state index in [9.17, 15) is 9.59 Å². The van der Waals surface area contributed by atoms with Crippen LogP contribution >= 0.6 is 27.7 Å². The van der Waals surface area contributed by atoms with Crippen LogP contribution in [0.3, 0.4) is 0 Å². The van der Waals surface area contributed by atoms with Crippen molar-refractivity contribution in [3.63, 3.8) is 0 Å². The van der Waals surface area contributed by atoms with Gasteiger partial charge in [0.05, 0.1) is 29.3 Å². The zero-order valence-electron chi connectivity index (χ0n) is 16.6. The Hall–Kier alpha value is -2.16. The summed E-state index contributed by atoms with van der Waals surface area (Å²) >= 11 is 4.70. The number of rotatable bonds is 6. The third-order valence-electron chi connectivity index (χ3n) is 5.03. The first-order valence-electron chi connectivity index (χ1n) is 9.81. The topological polar surface area (TPSA) is 73.2 Å². The Kier molecular flexibility index (Phi) is 6.55. The second kappa shape index (κ2) is 9.32. The van der Waals surface area contributed by atoms with Gasteiger partial charge in [-0.15, -0.1) is 0 Å². The molecule has 8 heteroatoms. The molecule has 2 heterocycles. The maximum atomic E-state index is 13.1. The van der Waals surface area contributed by atoms with Crippen LogP contribution in [0.2, 0.25) is 0 Å². The van der Waals surface area contributed by atoms with Gasteiger partial charge < -0.3 is 10.1 Å². The standard InChI is InChI=1S/C22H22BrN3O3S/c1-14-11-15(23)8-9-18(14)24-20(27)13-30-22-25-19-7-3-2-6-17(19)21(28)26(22)12-16-5-4-10-29-16/h2-3,6-9,11,16H,4-5,10,12-13H2,1H3,(H,24,27). The number of para-hydroxylation sites is 1. The second-order valence-electron chi connectivity index (χ2n) is 7.26. The minimum atomic E-state index is -0.142. The molecule has 1 aromatic heterocycles. The van der Waals surface area contributed by atoms with Gasteiger partial charge in [-0.25, -0.2) is 4.98 Å². The van der Waals surface area contributed by atoms with Crippen molar-refractivity contribution in [2.45, 2.75) is 37.6 Å². The molecule has 4 rings (SSSR count). The van der Waals surface area contributed by atoms with Crippen LogP contribution in [0.5, 0.6) is 0 Å². The molecule has 0 aliphatic carbocycles. The minimum absolute atomic E-state index is 0.00394. The first-order chi connectivity index (χ1) is 14.5. The van der Waals surface area contributed by atoms with E-state index in [0.29, 0.717) is 22.6 Å². The summed E-state index contributed by atoms with van der Waals surface area (Å²) in [6, 6.07) is 13.0. The lowest BCUT2D eigenvalue weighted by molar-refractivity contribution is -0.113. The number of anilines is 1. The number of halogens is 1. The number of carbonyl (C=O) groups excluding carboxylic acids is 1. The Morgan fingerprint density at radius 1 is 1.33 bits per heavy atom. The molecule has 1 atom stereocenters. The number of nitrogens with one attached hydrogen (secondary N) is 1.